The van der Waals surface area contributed by atoms with Gasteiger partial charge >= 0.3 is 0 Å². The molecular weight excluding hydrogens is 344 g/mol. The molecule has 1 atom stereocenters. The Morgan fingerprint density at radius 3 is 2.79 bits per heavy atom. The molecule has 0 aromatic heterocycles. The number of hydrogen-bond acceptors (Lipinski definition) is 5. The van der Waals surface area contributed by atoms with Crippen molar-refractivity contribution < 1.29 is 14.3 Å². The van der Waals surface area contributed by atoms with Crippen LogP contribution >= 0.6 is 24.0 Å². The summed E-state index contributed by atoms with van der Waals surface area (Å²) in [5, 5.41) is 2.49. The third kappa shape index (κ3) is 3.15. The summed E-state index contributed by atoms with van der Waals surface area (Å²) >= 11 is 6.48. The normalized spacial score (nSPS) is 20.2. The highest BCUT2D eigenvalue weighted by molar-refractivity contribution is 8.24. The fourth-order valence-corrected chi connectivity index (χ4v) is 4.56. The van der Waals surface area contributed by atoms with E-state index in [-0.39, 0.29) is 17.1 Å². The molecule has 7 heteroatoms. The van der Waals surface area contributed by atoms with Crippen molar-refractivity contribution in [3.63, 3.8) is 0 Å². The van der Waals surface area contributed by atoms with Crippen LogP contribution in [0.5, 0.6) is 5.75 Å². The van der Waals surface area contributed by atoms with Crippen LogP contribution in [0.2, 0.25) is 0 Å². The van der Waals surface area contributed by atoms with Crippen LogP contribution in [0.15, 0.2) is 12.1 Å². The number of carbonyl (C=O) groups excluding carboxylic acids is 2. The second-order valence-corrected chi connectivity index (χ2v) is 7.77. The summed E-state index contributed by atoms with van der Waals surface area (Å²) in [7, 11) is 1.62. The number of methoxy groups -OCH3 is 1. The maximum atomic E-state index is 12.4. The standard InChI is InChI=1S/C17H20N2O3S2/c1-3-8-19-14(20)7-5-11-10(4-6-12(22-2)15(11)19)9-13-16(21)18-17(23)24-13/h4,6,13H,3,5,7-9H2,1-2H3,(H,18,21,23). The number of benzene rings is 1. The first-order chi connectivity index (χ1) is 11.5. The Morgan fingerprint density at radius 2 is 2.17 bits per heavy atom. The minimum absolute atomic E-state index is 0.0353. The molecule has 5 nitrogen and oxygen atoms in total. The zero-order valence-electron chi connectivity index (χ0n) is 13.8. The van der Waals surface area contributed by atoms with Crippen LogP contribution in [0.3, 0.4) is 0 Å². The van der Waals surface area contributed by atoms with Crippen molar-refractivity contribution in [3.05, 3.63) is 23.3 Å². The van der Waals surface area contributed by atoms with Gasteiger partial charge in [-0.05, 0) is 36.5 Å². The lowest BCUT2D eigenvalue weighted by Gasteiger charge is -2.32. The second-order valence-electron chi connectivity index (χ2n) is 5.89. The molecule has 2 amide bonds. The topological polar surface area (TPSA) is 58.6 Å². The number of fused-ring (bicyclic) bond motifs is 1. The average Bonchev–Trinajstić information content (AvgIpc) is 2.87. The van der Waals surface area contributed by atoms with Gasteiger partial charge in [-0.15, -0.1) is 0 Å². The third-order valence-corrected chi connectivity index (χ3v) is 5.71. The van der Waals surface area contributed by atoms with E-state index in [4.69, 9.17) is 17.0 Å². The van der Waals surface area contributed by atoms with Crippen LogP contribution in [0, 0.1) is 0 Å². The average molecular weight is 364 g/mol. The second kappa shape index (κ2) is 7.11. The molecule has 1 unspecified atom stereocenters. The number of rotatable bonds is 5. The zero-order chi connectivity index (χ0) is 17.3. The van der Waals surface area contributed by atoms with Gasteiger partial charge in [-0.2, -0.15) is 0 Å². The van der Waals surface area contributed by atoms with Gasteiger partial charge in [-0.3, -0.25) is 9.59 Å². The van der Waals surface area contributed by atoms with Crippen molar-refractivity contribution in [2.45, 2.75) is 37.9 Å². The highest BCUT2D eigenvalue weighted by Crippen LogP contribution is 2.40. The predicted molar refractivity (Wildman–Crippen MR) is 99.8 cm³/mol. The van der Waals surface area contributed by atoms with Gasteiger partial charge in [-0.25, -0.2) is 0 Å². The van der Waals surface area contributed by atoms with Gasteiger partial charge in [-0.1, -0.05) is 37.0 Å². The summed E-state index contributed by atoms with van der Waals surface area (Å²) in [5.41, 5.74) is 3.09. The van der Waals surface area contributed by atoms with Crippen molar-refractivity contribution in [3.8, 4) is 5.75 Å². The molecule has 1 aromatic rings. The van der Waals surface area contributed by atoms with E-state index in [2.05, 4.69) is 12.2 Å². The van der Waals surface area contributed by atoms with Gasteiger partial charge in [0.2, 0.25) is 11.8 Å². The minimum atomic E-state index is -0.202. The van der Waals surface area contributed by atoms with Gasteiger partial charge in [0.25, 0.3) is 0 Å². The molecule has 0 radical (unpaired) electrons. The van der Waals surface area contributed by atoms with Crippen LogP contribution < -0.4 is 15.0 Å². The molecule has 1 N–H and O–H groups in total. The lowest BCUT2D eigenvalue weighted by atomic mass is 9.92. The highest BCUT2D eigenvalue weighted by atomic mass is 32.2. The Labute approximate surface area is 151 Å². The number of thioether (sulfide) groups is 1. The van der Waals surface area contributed by atoms with E-state index >= 15 is 0 Å². The smallest absolute Gasteiger partial charge is 0.239 e. The van der Waals surface area contributed by atoms with Gasteiger partial charge < -0.3 is 15.0 Å². The number of carbonyl (C=O) groups is 2. The Balaban J connectivity index is 1.99. The molecule has 2 heterocycles. The van der Waals surface area contributed by atoms with E-state index in [0.29, 0.717) is 35.9 Å². The number of ether oxygens (including phenoxy) is 1. The summed E-state index contributed by atoms with van der Waals surface area (Å²) in [6.45, 7) is 2.73. The molecule has 2 aliphatic rings. The van der Waals surface area contributed by atoms with E-state index in [9.17, 15) is 9.59 Å². The Bertz CT molecular complexity index is 705. The number of anilines is 1. The molecule has 24 heavy (non-hydrogen) atoms. The van der Waals surface area contributed by atoms with Crippen LogP contribution in [-0.4, -0.2) is 35.0 Å². The largest absolute Gasteiger partial charge is 0.495 e. The molecule has 0 aliphatic carbocycles. The van der Waals surface area contributed by atoms with Crippen molar-refractivity contribution >= 4 is 45.8 Å². The third-order valence-electron chi connectivity index (χ3n) is 4.34. The highest BCUT2D eigenvalue weighted by Gasteiger charge is 2.33. The molecule has 128 valence electrons. The molecular formula is C17H20N2O3S2. The monoisotopic (exact) mass is 364 g/mol. The predicted octanol–water partition coefficient (Wildman–Crippen LogP) is 2.44. The van der Waals surface area contributed by atoms with E-state index < -0.39 is 0 Å². The summed E-state index contributed by atoms with van der Waals surface area (Å²) in [6, 6.07) is 3.90. The summed E-state index contributed by atoms with van der Waals surface area (Å²) in [5.74, 6) is 0.815. The molecule has 0 bridgehead atoms. The van der Waals surface area contributed by atoms with Gasteiger partial charge in [0.1, 0.15) is 10.1 Å². The molecule has 0 saturated carbocycles. The van der Waals surface area contributed by atoms with Gasteiger partial charge in [0.05, 0.1) is 18.0 Å². The van der Waals surface area contributed by atoms with E-state index in [1.807, 2.05) is 17.0 Å². The molecule has 1 saturated heterocycles. The summed E-state index contributed by atoms with van der Waals surface area (Å²) in [4.78, 5) is 26.2. The van der Waals surface area contributed by atoms with E-state index in [0.717, 1.165) is 23.2 Å². The molecule has 2 aliphatic heterocycles. The quantitative estimate of drug-likeness (QED) is 0.814. The van der Waals surface area contributed by atoms with E-state index in [1.54, 1.807) is 7.11 Å². The minimum Gasteiger partial charge on any atom is -0.495 e. The zero-order valence-corrected chi connectivity index (χ0v) is 15.4. The van der Waals surface area contributed by atoms with Gasteiger partial charge in [0.15, 0.2) is 0 Å². The maximum Gasteiger partial charge on any atom is 0.239 e. The van der Waals surface area contributed by atoms with Crippen molar-refractivity contribution in [1.29, 1.82) is 0 Å². The van der Waals surface area contributed by atoms with Crippen LogP contribution in [0.1, 0.15) is 30.9 Å². The number of nitrogens with one attached hydrogen (secondary N) is 1. The Morgan fingerprint density at radius 1 is 1.38 bits per heavy atom. The molecule has 1 aromatic carbocycles. The number of amides is 2. The molecule has 3 rings (SSSR count). The number of hydrogen-bond donors (Lipinski definition) is 1. The lowest BCUT2D eigenvalue weighted by molar-refractivity contribution is -0.119. The maximum absolute atomic E-state index is 12.4. The summed E-state index contributed by atoms with van der Waals surface area (Å²) in [6.07, 6.45) is 2.67. The van der Waals surface area contributed by atoms with Crippen molar-refractivity contribution in [2.75, 3.05) is 18.6 Å². The fraction of sp³-hybridized carbons (Fsp3) is 0.471. The Hall–Kier alpha value is -1.60. The van der Waals surface area contributed by atoms with Crippen molar-refractivity contribution in [1.82, 2.24) is 5.32 Å². The van der Waals surface area contributed by atoms with Crippen LogP contribution in [0.4, 0.5) is 5.69 Å². The SMILES string of the molecule is CCCN1C(=O)CCc2c(CC3SC(=S)NC3=O)ccc(OC)c21. The summed E-state index contributed by atoms with van der Waals surface area (Å²) < 4.78 is 6.04. The Kier molecular flexibility index (Phi) is 5.10. The van der Waals surface area contributed by atoms with Crippen molar-refractivity contribution in [2.24, 2.45) is 0 Å². The van der Waals surface area contributed by atoms with Crippen LogP contribution in [-0.2, 0) is 22.4 Å². The molecule has 0 spiro atoms. The van der Waals surface area contributed by atoms with E-state index in [1.165, 1.54) is 11.8 Å². The lowest BCUT2D eigenvalue weighted by Crippen LogP contribution is -2.36. The fourth-order valence-electron chi connectivity index (χ4n) is 3.27. The van der Waals surface area contributed by atoms with Crippen LogP contribution in [0.25, 0.3) is 0 Å². The first kappa shape index (κ1) is 17.2. The molecule has 1 fully saturated rings. The first-order valence-electron chi connectivity index (χ1n) is 8.05. The number of nitrogens with zero attached hydrogens (tertiary/aromatic N) is 1. The van der Waals surface area contributed by atoms with Gasteiger partial charge in [0, 0.05) is 13.0 Å². The number of thiocarbonyl (C=S) groups is 1. The first-order valence-corrected chi connectivity index (χ1v) is 9.34.